The number of β-amino-alcohol motifs (C(OH)–C–C–N with tert-alkyl or cyclic N) is 1. The first-order valence-corrected chi connectivity index (χ1v) is 8.85. The lowest BCUT2D eigenvalue weighted by Gasteiger charge is -2.22. The predicted molar refractivity (Wildman–Crippen MR) is 93.7 cm³/mol. The Morgan fingerprint density at radius 1 is 1.32 bits per heavy atom. The zero-order valence-electron chi connectivity index (χ0n) is 14.5. The molecule has 4 N–H and O–H groups in total. The zero-order valence-corrected chi connectivity index (χ0v) is 14.5. The van der Waals surface area contributed by atoms with E-state index in [1.807, 2.05) is 24.3 Å². The maximum absolute atomic E-state index is 12.1. The van der Waals surface area contributed by atoms with E-state index in [1.165, 1.54) is 0 Å². The van der Waals surface area contributed by atoms with Gasteiger partial charge in [0.15, 0.2) is 0 Å². The highest BCUT2D eigenvalue weighted by Crippen LogP contribution is 2.19. The monoisotopic (exact) mass is 349 g/mol. The van der Waals surface area contributed by atoms with E-state index in [0.29, 0.717) is 25.4 Å². The third-order valence-corrected chi connectivity index (χ3v) is 4.92. The first-order valence-electron chi connectivity index (χ1n) is 8.85. The number of hydrogen-bond donors (Lipinski definition) is 4. The van der Waals surface area contributed by atoms with Crippen LogP contribution in [0.5, 0.6) is 5.75 Å². The topological polar surface area (TPSA) is 91.8 Å². The molecular weight excluding hydrogens is 322 g/mol. The summed E-state index contributed by atoms with van der Waals surface area (Å²) in [5.41, 5.74) is 1.10. The third-order valence-electron chi connectivity index (χ3n) is 4.92. The fourth-order valence-corrected chi connectivity index (χ4v) is 3.42. The molecule has 0 bridgehead atoms. The summed E-state index contributed by atoms with van der Waals surface area (Å²) in [6.45, 7) is 2.95. The van der Waals surface area contributed by atoms with E-state index in [0.717, 1.165) is 30.8 Å². The van der Waals surface area contributed by atoms with Gasteiger partial charge in [0.1, 0.15) is 18.0 Å². The summed E-state index contributed by atoms with van der Waals surface area (Å²) in [5, 5.41) is 19.5. The minimum atomic E-state index is -0.692. The molecule has 0 aliphatic carbocycles. The molecule has 0 radical (unpaired) electrons. The van der Waals surface area contributed by atoms with Crippen molar-refractivity contribution in [2.45, 2.75) is 31.1 Å². The number of alkyl carbamates (subject to hydrolysis) is 1. The molecule has 7 heteroatoms. The molecule has 0 unspecified atom stereocenters. The molecule has 2 aliphatic rings. The molecule has 0 aromatic heterocycles. The molecule has 4 atom stereocenters. The number of carbonyl (C=O) groups excluding carboxylic acids is 1. The number of aliphatic hydroxyl groups is 1. The summed E-state index contributed by atoms with van der Waals surface area (Å²) >= 11 is 0. The Bertz CT molecular complexity index is 560. The van der Waals surface area contributed by atoms with Crippen LogP contribution < -0.4 is 20.7 Å². The number of ether oxygens (including phenoxy) is 2. The van der Waals surface area contributed by atoms with Crippen LogP contribution in [-0.2, 0) is 11.2 Å². The van der Waals surface area contributed by atoms with Crippen LogP contribution in [0.4, 0.5) is 4.79 Å². The summed E-state index contributed by atoms with van der Waals surface area (Å²) in [6, 6.07) is 7.66. The number of benzene rings is 1. The highest BCUT2D eigenvalue weighted by Gasteiger charge is 2.37. The summed E-state index contributed by atoms with van der Waals surface area (Å²) in [4.78, 5) is 12.1. The van der Waals surface area contributed by atoms with E-state index < -0.39 is 18.3 Å². The largest absolute Gasteiger partial charge is 0.497 e. The summed E-state index contributed by atoms with van der Waals surface area (Å²) < 4.78 is 10.7. The number of rotatable bonds is 6. The molecule has 0 spiro atoms. The predicted octanol–water partition coefficient (Wildman–Crippen LogP) is 0.275. The first-order chi connectivity index (χ1) is 12.2. The Morgan fingerprint density at radius 3 is 2.80 bits per heavy atom. The van der Waals surface area contributed by atoms with Gasteiger partial charge in [-0.2, -0.15) is 0 Å². The van der Waals surface area contributed by atoms with Crippen LogP contribution in [0, 0.1) is 5.92 Å². The Morgan fingerprint density at radius 2 is 2.12 bits per heavy atom. The summed E-state index contributed by atoms with van der Waals surface area (Å²) in [5.74, 6) is 1.26. The van der Waals surface area contributed by atoms with Crippen LogP contribution >= 0.6 is 0 Å². The molecule has 7 nitrogen and oxygen atoms in total. The molecule has 2 saturated heterocycles. The Hall–Kier alpha value is -1.83. The molecule has 2 aliphatic heterocycles. The van der Waals surface area contributed by atoms with Gasteiger partial charge in [-0.1, -0.05) is 12.1 Å². The summed E-state index contributed by atoms with van der Waals surface area (Å²) in [7, 11) is 1.63. The zero-order chi connectivity index (χ0) is 17.6. The van der Waals surface area contributed by atoms with E-state index in [2.05, 4.69) is 16.0 Å². The quantitative estimate of drug-likeness (QED) is 0.589. The molecule has 1 aromatic rings. The molecule has 3 rings (SSSR count). The second kappa shape index (κ2) is 8.51. The normalized spacial score (nSPS) is 28.7. The molecule has 2 heterocycles. The number of hydrogen-bond acceptors (Lipinski definition) is 6. The minimum Gasteiger partial charge on any atom is -0.497 e. The van der Waals surface area contributed by atoms with E-state index in [9.17, 15) is 9.90 Å². The van der Waals surface area contributed by atoms with E-state index >= 15 is 0 Å². The third kappa shape index (κ3) is 4.84. The van der Waals surface area contributed by atoms with Gasteiger partial charge in [-0.05, 0) is 49.5 Å². The molecular formula is C18H27N3O4. The lowest BCUT2D eigenvalue weighted by Crippen LogP contribution is -2.42. The van der Waals surface area contributed by atoms with Crippen molar-refractivity contribution in [2.24, 2.45) is 5.92 Å². The van der Waals surface area contributed by atoms with Crippen LogP contribution in [0.3, 0.4) is 0 Å². The highest BCUT2D eigenvalue weighted by molar-refractivity contribution is 5.67. The summed E-state index contributed by atoms with van der Waals surface area (Å²) in [6.07, 6.45) is 0.0322. The number of methoxy groups -OCH3 is 1. The van der Waals surface area contributed by atoms with Crippen molar-refractivity contribution in [3.05, 3.63) is 29.8 Å². The molecule has 0 saturated carbocycles. The molecule has 1 amide bonds. The van der Waals surface area contributed by atoms with Crippen molar-refractivity contribution in [3.63, 3.8) is 0 Å². The van der Waals surface area contributed by atoms with E-state index in [4.69, 9.17) is 9.47 Å². The Balaban J connectivity index is 1.51. The maximum Gasteiger partial charge on any atom is 0.407 e. The molecule has 138 valence electrons. The minimum absolute atomic E-state index is 0.109. The highest BCUT2D eigenvalue weighted by atomic mass is 16.6. The van der Waals surface area contributed by atoms with Gasteiger partial charge in [0.05, 0.1) is 13.2 Å². The van der Waals surface area contributed by atoms with Gasteiger partial charge in [0, 0.05) is 13.1 Å². The van der Waals surface area contributed by atoms with Crippen LogP contribution in [0.1, 0.15) is 12.0 Å². The van der Waals surface area contributed by atoms with Crippen molar-refractivity contribution in [1.29, 1.82) is 0 Å². The fraction of sp³-hybridized carbons (Fsp3) is 0.611. The lowest BCUT2D eigenvalue weighted by molar-refractivity contribution is 0.0186. The molecule has 2 fully saturated rings. The number of amides is 1. The van der Waals surface area contributed by atoms with E-state index in [-0.39, 0.29) is 6.04 Å². The van der Waals surface area contributed by atoms with Crippen LogP contribution in [0.15, 0.2) is 24.3 Å². The number of carbonyl (C=O) groups is 1. The van der Waals surface area contributed by atoms with Crippen molar-refractivity contribution in [2.75, 3.05) is 33.3 Å². The van der Waals surface area contributed by atoms with Gasteiger partial charge in [-0.3, -0.25) is 0 Å². The lowest BCUT2D eigenvalue weighted by atomic mass is 10.0. The number of nitrogens with one attached hydrogen (secondary N) is 3. The number of aliphatic hydroxyl groups excluding tert-OH is 1. The van der Waals surface area contributed by atoms with Crippen molar-refractivity contribution in [3.8, 4) is 5.75 Å². The van der Waals surface area contributed by atoms with Gasteiger partial charge < -0.3 is 30.5 Å². The van der Waals surface area contributed by atoms with Gasteiger partial charge in [0.25, 0.3) is 0 Å². The Labute approximate surface area is 148 Å². The Kier molecular flexibility index (Phi) is 6.12. The second-order valence-corrected chi connectivity index (χ2v) is 6.74. The standard InChI is InChI=1S/C18H27N3O4/c1-24-14-4-2-12(3-5-14)8-15-17(16(22)11-20-15)25-18(23)21-10-13-6-7-19-9-13/h2-5,13,15-17,19-20,22H,6-11H2,1H3,(H,21,23)/t13-,15+,16-,17-/m0/s1. The van der Waals surface area contributed by atoms with E-state index in [1.54, 1.807) is 7.11 Å². The van der Waals surface area contributed by atoms with Gasteiger partial charge in [0.2, 0.25) is 0 Å². The average Bonchev–Trinajstić information content (AvgIpc) is 3.26. The van der Waals surface area contributed by atoms with Crippen molar-refractivity contribution >= 4 is 6.09 Å². The first kappa shape index (κ1) is 18.0. The van der Waals surface area contributed by atoms with Crippen molar-refractivity contribution < 1.29 is 19.4 Å². The SMILES string of the molecule is COc1ccc(C[C@H]2NC[C@H](O)[C@H]2OC(=O)NC[C@H]2CCNC2)cc1. The fourth-order valence-electron chi connectivity index (χ4n) is 3.42. The molecule has 25 heavy (non-hydrogen) atoms. The van der Waals surface area contributed by atoms with Gasteiger partial charge in [-0.25, -0.2) is 4.79 Å². The molecule has 1 aromatic carbocycles. The van der Waals surface area contributed by atoms with Gasteiger partial charge in [-0.15, -0.1) is 0 Å². The maximum atomic E-state index is 12.1. The smallest absolute Gasteiger partial charge is 0.407 e. The van der Waals surface area contributed by atoms with Crippen molar-refractivity contribution in [1.82, 2.24) is 16.0 Å². The average molecular weight is 349 g/mol. The van der Waals surface area contributed by atoms with Gasteiger partial charge >= 0.3 is 6.09 Å². The van der Waals surface area contributed by atoms with Crippen LogP contribution in [0.2, 0.25) is 0 Å². The van der Waals surface area contributed by atoms with Crippen LogP contribution in [0.25, 0.3) is 0 Å². The van der Waals surface area contributed by atoms with Crippen LogP contribution in [-0.4, -0.2) is 62.7 Å². The second-order valence-electron chi connectivity index (χ2n) is 6.74.